The first-order chi connectivity index (χ1) is 25.6. The van der Waals surface area contributed by atoms with Crippen molar-refractivity contribution in [2.45, 2.75) is 45.1 Å². The zero-order valence-electron chi connectivity index (χ0n) is 29.3. The van der Waals surface area contributed by atoms with Crippen molar-refractivity contribution in [3.8, 4) is 28.3 Å². The topological polar surface area (TPSA) is 94.6 Å². The van der Waals surface area contributed by atoms with Gasteiger partial charge in [0, 0.05) is 42.8 Å². The van der Waals surface area contributed by atoms with Crippen LogP contribution in [-0.2, 0) is 6.54 Å². The molecule has 8 heterocycles. The summed E-state index contributed by atoms with van der Waals surface area (Å²) in [5.74, 6) is 0.613. The molecule has 0 bridgehead atoms. The third kappa shape index (κ3) is 5.57. The fraction of sp³-hybridized carbons (Fsp3) is 0.333. The second-order valence-corrected chi connectivity index (χ2v) is 14.2. The molecule has 4 aliphatic heterocycles. The molecule has 0 saturated carbocycles. The van der Waals surface area contributed by atoms with Gasteiger partial charge >= 0.3 is 0 Å². The van der Waals surface area contributed by atoms with Crippen LogP contribution in [0, 0.1) is 0 Å². The number of piperidine rings is 2. The summed E-state index contributed by atoms with van der Waals surface area (Å²) in [5.41, 5.74) is 5.62. The molecule has 0 amide bonds. The number of para-hydroxylation sites is 2. The highest BCUT2D eigenvalue weighted by molar-refractivity contribution is 6.12. The third-order valence-corrected chi connectivity index (χ3v) is 11.1. The van der Waals surface area contributed by atoms with Crippen molar-refractivity contribution < 1.29 is 14.3 Å². The second-order valence-electron chi connectivity index (χ2n) is 14.2. The van der Waals surface area contributed by atoms with Crippen LogP contribution in [0.3, 0.4) is 0 Å². The Bertz CT molecular complexity index is 2390. The molecule has 10 nitrogen and oxygen atoms in total. The lowest BCUT2D eigenvalue weighted by molar-refractivity contribution is 0.0953. The second kappa shape index (κ2) is 13.7. The van der Waals surface area contributed by atoms with E-state index in [4.69, 9.17) is 4.74 Å². The van der Waals surface area contributed by atoms with Crippen molar-refractivity contribution in [1.29, 1.82) is 0 Å². The smallest absolute Gasteiger partial charge is 0.281 e. The Hall–Kier alpha value is -5.32. The van der Waals surface area contributed by atoms with Crippen LogP contribution in [0.5, 0.6) is 5.75 Å². The van der Waals surface area contributed by atoms with E-state index in [1.807, 2.05) is 72.8 Å². The van der Waals surface area contributed by atoms with Gasteiger partial charge in [0.2, 0.25) is 0 Å². The normalized spacial score (nSPS) is 16.8. The summed E-state index contributed by atoms with van der Waals surface area (Å²) >= 11 is 0. The molecular formula is C42H42N6O4. The lowest BCUT2D eigenvalue weighted by atomic mass is 10.1. The molecule has 0 atom stereocenters. The van der Waals surface area contributed by atoms with Crippen LogP contribution in [0.15, 0.2) is 90.0 Å². The number of pyridine rings is 2. The first kappa shape index (κ1) is 32.6. The maximum Gasteiger partial charge on any atom is 0.281 e. The average Bonchev–Trinajstić information content (AvgIpc) is 3.98. The van der Waals surface area contributed by atoms with E-state index >= 15 is 0 Å². The molecule has 2 aromatic carbocycles. The number of hydrogen-bond acceptors (Lipinski definition) is 7. The van der Waals surface area contributed by atoms with Gasteiger partial charge in [-0.1, -0.05) is 37.1 Å². The lowest BCUT2D eigenvalue weighted by Crippen LogP contribution is -2.33. The van der Waals surface area contributed by atoms with Crippen molar-refractivity contribution in [2.75, 3.05) is 45.9 Å². The Labute approximate surface area is 301 Å². The number of carbonyl (C=O) groups is 2. The van der Waals surface area contributed by atoms with E-state index in [0.717, 1.165) is 79.2 Å². The lowest BCUT2D eigenvalue weighted by Gasteiger charge is -2.27. The van der Waals surface area contributed by atoms with Crippen molar-refractivity contribution in [1.82, 2.24) is 28.5 Å². The monoisotopic (exact) mass is 694 g/mol. The summed E-state index contributed by atoms with van der Waals surface area (Å²) in [4.78, 5) is 48.3. The highest BCUT2D eigenvalue weighted by Gasteiger charge is 2.34. The van der Waals surface area contributed by atoms with E-state index in [2.05, 4.69) is 19.4 Å². The number of likely N-dealkylation sites (tertiary alicyclic amines) is 2. The van der Waals surface area contributed by atoms with Crippen molar-refractivity contribution in [2.24, 2.45) is 0 Å². The highest BCUT2D eigenvalue weighted by Crippen LogP contribution is 2.42. The van der Waals surface area contributed by atoms with E-state index in [9.17, 15) is 14.4 Å². The molecule has 6 aromatic rings. The van der Waals surface area contributed by atoms with E-state index < -0.39 is 0 Å². The Morgan fingerprint density at radius 3 is 1.94 bits per heavy atom. The molecule has 4 aromatic heterocycles. The molecule has 264 valence electrons. The maximum atomic E-state index is 13.1. The summed E-state index contributed by atoms with van der Waals surface area (Å²) in [6.45, 7) is 7.71. The Morgan fingerprint density at radius 2 is 1.21 bits per heavy atom. The van der Waals surface area contributed by atoms with Gasteiger partial charge < -0.3 is 14.2 Å². The summed E-state index contributed by atoms with van der Waals surface area (Å²) in [6, 6.07) is 23.1. The van der Waals surface area contributed by atoms with Gasteiger partial charge in [0.25, 0.3) is 11.8 Å². The summed E-state index contributed by atoms with van der Waals surface area (Å²) in [5, 5.41) is 1.65. The molecule has 0 spiro atoms. The highest BCUT2D eigenvalue weighted by atomic mass is 16.5. The quantitative estimate of drug-likeness (QED) is 0.187. The Kier molecular flexibility index (Phi) is 8.56. The summed E-state index contributed by atoms with van der Waals surface area (Å²) < 4.78 is 11.6. The van der Waals surface area contributed by atoms with Gasteiger partial charge in [0.1, 0.15) is 23.7 Å². The zero-order valence-corrected chi connectivity index (χ0v) is 29.3. The molecule has 10 rings (SSSR count). The van der Waals surface area contributed by atoms with E-state index in [-0.39, 0.29) is 17.2 Å². The maximum absolute atomic E-state index is 13.1. The number of rotatable bonds is 7. The molecule has 2 saturated heterocycles. The van der Waals surface area contributed by atoms with E-state index in [1.165, 1.54) is 38.5 Å². The van der Waals surface area contributed by atoms with Crippen LogP contribution in [0.4, 0.5) is 0 Å². The standard InChI is InChI=1S/2C21H21N3O2/c25-21-19-18(17-9-6-12-24(17)21)20(15-7-2-3-8-16(15)22-19)26-14-13-23-10-4-1-5-11-23;25-20-15-7-2-3-8-16(15)23(14-13-22-10-4-1-5-11-22)19-18(20)17-9-6-12-24(17)21(19)26/h2*2-3,6-9,12H,1,4-5,10-11,13-14H2. The van der Waals surface area contributed by atoms with Crippen LogP contribution < -0.4 is 10.2 Å². The van der Waals surface area contributed by atoms with E-state index in [0.29, 0.717) is 34.6 Å². The van der Waals surface area contributed by atoms with Gasteiger partial charge in [0.15, 0.2) is 5.43 Å². The predicted molar refractivity (Wildman–Crippen MR) is 202 cm³/mol. The minimum atomic E-state index is -0.0958. The number of benzene rings is 2. The average molecular weight is 695 g/mol. The molecule has 4 aliphatic rings. The van der Waals surface area contributed by atoms with Crippen molar-refractivity contribution in [3.63, 3.8) is 0 Å². The molecule has 0 unspecified atom stereocenters. The fourth-order valence-electron chi connectivity index (χ4n) is 8.45. The fourth-order valence-corrected chi connectivity index (χ4v) is 8.45. The van der Waals surface area contributed by atoms with Gasteiger partial charge in [-0.25, -0.2) is 4.98 Å². The number of fused-ring (bicyclic) bond motifs is 8. The summed E-state index contributed by atoms with van der Waals surface area (Å²) in [6.07, 6.45) is 11.2. The Balaban J connectivity index is 0.000000138. The zero-order chi connectivity index (χ0) is 35.2. The van der Waals surface area contributed by atoms with Gasteiger partial charge in [0.05, 0.1) is 33.5 Å². The third-order valence-electron chi connectivity index (χ3n) is 11.1. The molecule has 0 radical (unpaired) electrons. The van der Waals surface area contributed by atoms with E-state index in [1.54, 1.807) is 21.5 Å². The number of ether oxygens (including phenoxy) is 1. The van der Waals surface area contributed by atoms with Gasteiger partial charge in [-0.2, -0.15) is 0 Å². The molecular weight excluding hydrogens is 652 g/mol. The molecule has 0 N–H and O–H groups in total. The predicted octanol–water partition coefficient (Wildman–Crippen LogP) is 6.53. The number of hydrogen-bond donors (Lipinski definition) is 0. The molecule has 10 heteroatoms. The van der Waals surface area contributed by atoms with Gasteiger partial charge in [-0.3, -0.25) is 28.4 Å². The van der Waals surface area contributed by atoms with Crippen LogP contribution in [-0.4, -0.2) is 86.2 Å². The Morgan fingerprint density at radius 1 is 0.596 bits per heavy atom. The van der Waals surface area contributed by atoms with Gasteiger partial charge in [-0.15, -0.1) is 0 Å². The minimum absolute atomic E-state index is 0.0457. The van der Waals surface area contributed by atoms with Crippen molar-refractivity contribution in [3.05, 3.63) is 107 Å². The summed E-state index contributed by atoms with van der Waals surface area (Å²) in [7, 11) is 0. The van der Waals surface area contributed by atoms with Crippen molar-refractivity contribution >= 4 is 33.6 Å². The largest absolute Gasteiger partial charge is 0.491 e. The molecule has 2 fully saturated rings. The number of nitrogens with zero attached hydrogens (tertiary/aromatic N) is 6. The number of aromatic nitrogens is 4. The van der Waals surface area contributed by atoms with Gasteiger partial charge in [-0.05, 0) is 100 Å². The SMILES string of the molecule is O=C1c2c(c(=O)c3ccccc3n2CCN2CCCCC2)-c2cccn21.O=C1c2nc3ccccc3c(OCCN3CCCCC3)c2-c2cccn21. The van der Waals surface area contributed by atoms with Crippen LogP contribution in [0.2, 0.25) is 0 Å². The first-order valence-corrected chi connectivity index (χ1v) is 18.7. The molecule has 0 aliphatic carbocycles. The van der Waals surface area contributed by atoms with Crippen LogP contribution in [0.25, 0.3) is 44.3 Å². The minimum Gasteiger partial charge on any atom is -0.491 e. The van der Waals surface area contributed by atoms with Crippen LogP contribution >= 0.6 is 0 Å². The molecule has 52 heavy (non-hydrogen) atoms. The van der Waals surface area contributed by atoms with Crippen LogP contribution in [0.1, 0.15) is 59.5 Å². The number of carbonyl (C=O) groups excluding carboxylic acids is 2. The first-order valence-electron chi connectivity index (χ1n) is 18.7.